The summed E-state index contributed by atoms with van der Waals surface area (Å²) in [5, 5.41) is 2.74. The molecule has 4 rings (SSSR count). The van der Waals surface area contributed by atoms with E-state index >= 15 is 0 Å². The van der Waals surface area contributed by atoms with Crippen molar-refractivity contribution < 1.29 is 4.74 Å². The van der Waals surface area contributed by atoms with E-state index in [-0.39, 0.29) is 0 Å². The Kier molecular flexibility index (Phi) is 4.54. The summed E-state index contributed by atoms with van der Waals surface area (Å²) < 4.78 is 7.96. The van der Waals surface area contributed by atoms with Crippen molar-refractivity contribution >= 4 is 21.8 Å². The van der Waals surface area contributed by atoms with Gasteiger partial charge in [-0.1, -0.05) is 36.4 Å². The molecule has 3 aromatic rings. The maximum absolute atomic E-state index is 5.47. The summed E-state index contributed by atoms with van der Waals surface area (Å²) in [4.78, 5) is 2.59. The average molecular weight is 322 g/mol. The first kappa shape index (κ1) is 15.7. The average Bonchev–Trinajstić information content (AvgIpc) is 2.97. The van der Waals surface area contributed by atoms with Gasteiger partial charge in [0.25, 0.3) is 0 Å². The van der Waals surface area contributed by atoms with Crippen LogP contribution < -0.4 is 0 Å². The van der Waals surface area contributed by atoms with E-state index < -0.39 is 0 Å². The van der Waals surface area contributed by atoms with Crippen LogP contribution in [0.15, 0.2) is 48.5 Å². The lowest BCUT2D eigenvalue weighted by atomic mass is 10.1. The van der Waals surface area contributed by atoms with Crippen LogP contribution in [0.2, 0.25) is 0 Å². The van der Waals surface area contributed by atoms with Crippen LogP contribution in [0, 0.1) is 0 Å². The Hall–Kier alpha value is -1.84. The summed E-state index contributed by atoms with van der Waals surface area (Å²) in [5.74, 6) is 0. The molecule has 126 valence electrons. The van der Waals surface area contributed by atoms with E-state index in [9.17, 15) is 0 Å². The fraction of sp³-hybridized carbons (Fsp3) is 0.429. The number of likely N-dealkylation sites (tertiary alicyclic amines) is 1. The highest BCUT2D eigenvalue weighted by Gasteiger charge is 2.18. The van der Waals surface area contributed by atoms with Gasteiger partial charge in [-0.3, -0.25) is 0 Å². The molecule has 1 aliphatic heterocycles. The summed E-state index contributed by atoms with van der Waals surface area (Å²) in [5.41, 5.74) is 2.72. The number of hydrogen-bond donors (Lipinski definition) is 0. The van der Waals surface area contributed by atoms with Crippen molar-refractivity contribution in [2.45, 2.75) is 31.9 Å². The van der Waals surface area contributed by atoms with Crippen LogP contribution in [0.4, 0.5) is 0 Å². The lowest BCUT2D eigenvalue weighted by Gasteiger charge is -2.31. The van der Waals surface area contributed by atoms with Crippen LogP contribution in [0.3, 0.4) is 0 Å². The highest BCUT2D eigenvalue weighted by atomic mass is 16.5. The molecule has 0 unspecified atom stereocenters. The molecule has 0 bridgehead atoms. The number of nitrogens with zero attached hydrogens (tertiary/aromatic N) is 2. The molecule has 2 heterocycles. The van der Waals surface area contributed by atoms with Gasteiger partial charge in [-0.05, 0) is 37.9 Å². The number of piperidine rings is 1. The minimum Gasteiger partial charge on any atom is -0.381 e. The predicted octanol–water partition coefficient (Wildman–Crippen LogP) is 4.30. The Morgan fingerprint density at radius 1 is 0.875 bits per heavy atom. The molecule has 1 aromatic heterocycles. The Balaban J connectivity index is 1.48. The number of aromatic nitrogens is 1. The third kappa shape index (κ3) is 2.94. The second-order valence-corrected chi connectivity index (χ2v) is 6.82. The van der Waals surface area contributed by atoms with Gasteiger partial charge in [0.05, 0.1) is 6.10 Å². The molecule has 0 aliphatic carbocycles. The number of methoxy groups -OCH3 is 1. The van der Waals surface area contributed by atoms with Gasteiger partial charge in [-0.2, -0.15) is 0 Å². The van der Waals surface area contributed by atoms with Crippen LogP contribution in [-0.4, -0.2) is 42.3 Å². The van der Waals surface area contributed by atoms with Gasteiger partial charge in [0, 0.05) is 48.5 Å². The molecule has 0 spiro atoms. The maximum atomic E-state index is 5.47. The molecule has 0 radical (unpaired) electrons. The number of ether oxygens (including phenoxy) is 1. The van der Waals surface area contributed by atoms with E-state index in [1.807, 2.05) is 7.11 Å². The number of hydrogen-bond acceptors (Lipinski definition) is 2. The first-order valence-electron chi connectivity index (χ1n) is 9.08. The molecule has 24 heavy (non-hydrogen) atoms. The van der Waals surface area contributed by atoms with E-state index in [1.54, 1.807) is 0 Å². The summed E-state index contributed by atoms with van der Waals surface area (Å²) in [6.07, 6.45) is 4.01. The molecule has 0 saturated carbocycles. The predicted molar refractivity (Wildman–Crippen MR) is 101 cm³/mol. The van der Waals surface area contributed by atoms with Gasteiger partial charge in [0.15, 0.2) is 0 Å². The molecular weight excluding hydrogens is 296 g/mol. The molecule has 3 heteroatoms. The minimum absolute atomic E-state index is 0.471. The zero-order chi connectivity index (χ0) is 16.4. The first-order chi connectivity index (χ1) is 11.9. The van der Waals surface area contributed by atoms with E-state index in [0.29, 0.717) is 6.10 Å². The number of benzene rings is 2. The first-order valence-corrected chi connectivity index (χ1v) is 9.08. The van der Waals surface area contributed by atoms with Gasteiger partial charge >= 0.3 is 0 Å². The highest BCUT2D eigenvalue weighted by molar-refractivity contribution is 6.07. The van der Waals surface area contributed by atoms with Crippen molar-refractivity contribution in [1.82, 2.24) is 9.47 Å². The van der Waals surface area contributed by atoms with Crippen molar-refractivity contribution in [3.63, 3.8) is 0 Å². The largest absolute Gasteiger partial charge is 0.381 e. The molecule has 1 fully saturated rings. The fourth-order valence-electron chi connectivity index (χ4n) is 4.07. The van der Waals surface area contributed by atoms with Crippen LogP contribution in [0.1, 0.15) is 19.3 Å². The zero-order valence-corrected chi connectivity index (χ0v) is 14.4. The second-order valence-electron chi connectivity index (χ2n) is 6.82. The minimum atomic E-state index is 0.471. The molecule has 3 nitrogen and oxygen atoms in total. The van der Waals surface area contributed by atoms with Crippen LogP contribution >= 0.6 is 0 Å². The van der Waals surface area contributed by atoms with Crippen molar-refractivity contribution in [2.75, 3.05) is 26.7 Å². The molecule has 0 atom stereocenters. The fourth-order valence-corrected chi connectivity index (χ4v) is 4.07. The van der Waals surface area contributed by atoms with E-state index in [2.05, 4.69) is 58.0 Å². The van der Waals surface area contributed by atoms with E-state index in [0.717, 1.165) is 6.54 Å². The lowest BCUT2D eigenvalue weighted by molar-refractivity contribution is 0.0406. The summed E-state index contributed by atoms with van der Waals surface area (Å²) in [7, 11) is 1.84. The van der Waals surface area contributed by atoms with Gasteiger partial charge in [-0.15, -0.1) is 0 Å². The van der Waals surface area contributed by atoms with Gasteiger partial charge in [0.2, 0.25) is 0 Å². The Labute approximate surface area is 143 Å². The van der Waals surface area contributed by atoms with E-state index in [4.69, 9.17) is 4.74 Å². The third-order valence-electron chi connectivity index (χ3n) is 5.40. The molecule has 0 N–H and O–H groups in total. The quantitative estimate of drug-likeness (QED) is 0.697. The van der Waals surface area contributed by atoms with Crippen LogP contribution in [0.5, 0.6) is 0 Å². The number of para-hydroxylation sites is 2. The van der Waals surface area contributed by atoms with Crippen molar-refractivity contribution in [3.8, 4) is 0 Å². The topological polar surface area (TPSA) is 17.4 Å². The zero-order valence-electron chi connectivity index (χ0n) is 14.4. The lowest BCUT2D eigenvalue weighted by Crippen LogP contribution is -2.37. The summed E-state index contributed by atoms with van der Waals surface area (Å²) in [6.45, 7) is 4.60. The van der Waals surface area contributed by atoms with Crippen LogP contribution in [-0.2, 0) is 11.3 Å². The smallest absolute Gasteiger partial charge is 0.0595 e. The maximum Gasteiger partial charge on any atom is 0.0595 e. The summed E-state index contributed by atoms with van der Waals surface area (Å²) in [6, 6.07) is 17.5. The molecule has 0 amide bonds. The number of rotatable bonds is 5. The third-order valence-corrected chi connectivity index (χ3v) is 5.40. The van der Waals surface area contributed by atoms with Crippen molar-refractivity contribution in [3.05, 3.63) is 48.5 Å². The van der Waals surface area contributed by atoms with Crippen molar-refractivity contribution in [1.29, 1.82) is 0 Å². The second kappa shape index (κ2) is 6.96. The molecular formula is C21H26N2O. The summed E-state index contributed by atoms with van der Waals surface area (Å²) >= 11 is 0. The van der Waals surface area contributed by atoms with Gasteiger partial charge in [0.1, 0.15) is 0 Å². The molecule has 1 saturated heterocycles. The Morgan fingerprint density at radius 2 is 1.46 bits per heavy atom. The number of fused-ring (bicyclic) bond motifs is 3. The van der Waals surface area contributed by atoms with Gasteiger partial charge < -0.3 is 14.2 Å². The van der Waals surface area contributed by atoms with Crippen molar-refractivity contribution in [2.24, 2.45) is 0 Å². The number of aryl methyl sites for hydroxylation is 1. The Morgan fingerprint density at radius 3 is 2.04 bits per heavy atom. The SMILES string of the molecule is COC1CCN(CCCn2c3ccccc3c3ccccc32)CC1. The standard InChI is InChI=1S/C21H26N2O/c1-24-17-11-15-22(16-12-17)13-6-14-23-20-9-4-2-7-18(20)19-8-3-5-10-21(19)23/h2-5,7-10,17H,6,11-16H2,1H3. The monoisotopic (exact) mass is 322 g/mol. The highest BCUT2D eigenvalue weighted by Crippen LogP contribution is 2.28. The van der Waals surface area contributed by atoms with Crippen LogP contribution in [0.25, 0.3) is 21.8 Å². The molecule has 1 aliphatic rings. The normalized spacial score (nSPS) is 17.0. The van der Waals surface area contributed by atoms with E-state index in [1.165, 1.54) is 60.7 Å². The van der Waals surface area contributed by atoms with Gasteiger partial charge in [-0.25, -0.2) is 0 Å². The Bertz CT molecular complexity index is 762. The molecule has 2 aromatic carbocycles.